The lowest BCUT2D eigenvalue weighted by atomic mass is 10.1. The highest BCUT2D eigenvalue weighted by atomic mass is 32.1. The number of halogens is 1. The number of nitrogens with zero attached hydrogens (tertiary/aromatic N) is 3. The van der Waals surface area contributed by atoms with Crippen molar-refractivity contribution in [2.24, 2.45) is 0 Å². The first-order chi connectivity index (χ1) is 13.3. The average molecular weight is 396 g/mol. The minimum atomic E-state index is -0.527. The van der Waals surface area contributed by atoms with Crippen LogP contribution in [0.5, 0.6) is 0 Å². The van der Waals surface area contributed by atoms with Gasteiger partial charge in [-0.3, -0.25) is 14.2 Å². The van der Waals surface area contributed by atoms with Crippen LogP contribution in [0.15, 0.2) is 35.4 Å². The number of rotatable bonds is 3. The van der Waals surface area contributed by atoms with Crippen molar-refractivity contribution in [2.45, 2.75) is 27.3 Å². The lowest BCUT2D eigenvalue weighted by Gasteiger charge is -2.09. The standard InChI is InChI=1S/C20H17FN4O2S/c1-10-4-5-13(21)14(6-10)24-15(26)8-25-9-22-17-16-11(2)7-12(3)23-19(16)28-18(17)20(25)27/h4-7,9H,8H2,1-3H3,(H,24,26). The van der Waals surface area contributed by atoms with E-state index in [2.05, 4.69) is 15.3 Å². The van der Waals surface area contributed by atoms with Crippen molar-refractivity contribution in [1.29, 1.82) is 0 Å². The molecule has 0 fully saturated rings. The number of anilines is 1. The smallest absolute Gasteiger partial charge is 0.271 e. The molecule has 0 aliphatic carbocycles. The summed E-state index contributed by atoms with van der Waals surface area (Å²) in [4.78, 5) is 34.8. The summed E-state index contributed by atoms with van der Waals surface area (Å²) in [6, 6.07) is 6.40. The number of pyridine rings is 1. The number of amides is 1. The van der Waals surface area contributed by atoms with Crippen LogP contribution in [-0.4, -0.2) is 20.4 Å². The van der Waals surface area contributed by atoms with Crippen molar-refractivity contribution >= 4 is 43.4 Å². The van der Waals surface area contributed by atoms with Crippen LogP contribution in [0.25, 0.3) is 20.4 Å². The molecule has 0 saturated carbocycles. The van der Waals surface area contributed by atoms with E-state index in [1.807, 2.05) is 19.9 Å². The predicted octanol–water partition coefficient (Wildman–Crippen LogP) is 3.71. The molecule has 4 rings (SSSR count). The molecule has 4 aromatic rings. The van der Waals surface area contributed by atoms with Crippen LogP contribution in [0.3, 0.4) is 0 Å². The molecule has 0 aliphatic heterocycles. The normalized spacial score (nSPS) is 11.3. The van der Waals surface area contributed by atoms with Crippen LogP contribution >= 0.6 is 11.3 Å². The number of fused-ring (bicyclic) bond motifs is 3. The molecule has 3 heterocycles. The number of carbonyl (C=O) groups is 1. The summed E-state index contributed by atoms with van der Waals surface area (Å²) in [5.41, 5.74) is 3.06. The fraction of sp³-hybridized carbons (Fsp3) is 0.200. The molecule has 0 spiro atoms. The molecule has 6 nitrogen and oxygen atoms in total. The lowest BCUT2D eigenvalue weighted by molar-refractivity contribution is -0.116. The van der Waals surface area contributed by atoms with E-state index in [0.717, 1.165) is 27.0 Å². The zero-order valence-corrected chi connectivity index (χ0v) is 16.4. The van der Waals surface area contributed by atoms with E-state index in [-0.39, 0.29) is 17.8 Å². The van der Waals surface area contributed by atoms with Crippen molar-refractivity contribution in [3.05, 3.63) is 63.6 Å². The molecule has 8 heteroatoms. The van der Waals surface area contributed by atoms with Gasteiger partial charge in [-0.05, 0) is 50.1 Å². The number of hydrogen-bond acceptors (Lipinski definition) is 5. The van der Waals surface area contributed by atoms with E-state index in [9.17, 15) is 14.0 Å². The molecule has 0 radical (unpaired) electrons. The highest BCUT2D eigenvalue weighted by molar-refractivity contribution is 7.25. The highest BCUT2D eigenvalue weighted by Gasteiger charge is 2.16. The average Bonchev–Trinajstić information content (AvgIpc) is 3.00. The Morgan fingerprint density at radius 1 is 1.25 bits per heavy atom. The SMILES string of the molecule is Cc1ccc(F)c(NC(=O)Cn2cnc3c(sc4nc(C)cc(C)c43)c2=O)c1. The molecule has 1 N–H and O–H groups in total. The van der Waals surface area contributed by atoms with Crippen LogP contribution in [0.4, 0.5) is 10.1 Å². The van der Waals surface area contributed by atoms with Gasteiger partial charge in [0.1, 0.15) is 21.9 Å². The van der Waals surface area contributed by atoms with E-state index in [4.69, 9.17) is 0 Å². The topological polar surface area (TPSA) is 76.9 Å². The van der Waals surface area contributed by atoms with E-state index in [1.54, 1.807) is 19.1 Å². The van der Waals surface area contributed by atoms with Gasteiger partial charge in [0.2, 0.25) is 5.91 Å². The second-order valence-corrected chi connectivity index (χ2v) is 7.75. The summed E-state index contributed by atoms with van der Waals surface area (Å²) in [5, 5.41) is 3.37. The van der Waals surface area contributed by atoms with Crippen LogP contribution in [0, 0.1) is 26.6 Å². The third kappa shape index (κ3) is 3.16. The van der Waals surface area contributed by atoms with Gasteiger partial charge in [-0.15, -0.1) is 11.3 Å². The number of hydrogen-bond donors (Lipinski definition) is 1. The number of aromatic nitrogens is 3. The number of nitrogens with one attached hydrogen (secondary N) is 1. The van der Waals surface area contributed by atoms with Gasteiger partial charge in [0.05, 0.1) is 17.5 Å². The number of aryl methyl sites for hydroxylation is 3. The van der Waals surface area contributed by atoms with Crippen molar-refractivity contribution < 1.29 is 9.18 Å². The Morgan fingerprint density at radius 2 is 2.04 bits per heavy atom. The summed E-state index contributed by atoms with van der Waals surface area (Å²) < 4.78 is 15.5. The zero-order chi connectivity index (χ0) is 20.0. The Labute approximate surface area is 163 Å². The van der Waals surface area contributed by atoms with Crippen LogP contribution < -0.4 is 10.9 Å². The van der Waals surface area contributed by atoms with Crippen molar-refractivity contribution in [1.82, 2.24) is 14.5 Å². The maximum Gasteiger partial charge on any atom is 0.271 e. The quantitative estimate of drug-likeness (QED) is 0.573. The molecule has 0 saturated heterocycles. The van der Waals surface area contributed by atoms with Crippen LogP contribution in [0.1, 0.15) is 16.8 Å². The van der Waals surface area contributed by atoms with Crippen LogP contribution in [0.2, 0.25) is 0 Å². The minimum absolute atomic E-state index is 0.0873. The third-order valence-electron chi connectivity index (χ3n) is 4.45. The summed E-state index contributed by atoms with van der Waals surface area (Å²) in [5.74, 6) is -1.03. The van der Waals surface area contributed by atoms with Gasteiger partial charge in [0, 0.05) is 11.1 Å². The molecule has 1 amide bonds. The van der Waals surface area contributed by atoms with Gasteiger partial charge >= 0.3 is 0 Å². The second-order valence-electron chi connectivity index (χ2n) is 6.75. The summed E-state index contributed by atoms with van der Waals surface area (Å²) in [6.45, 7) is 5.41. The molecule has 0 bridgehead atoms. The fourth-order valence-corrected chi connectivity index (χ4v) is 4.39. The van der Waals surface area contributed by atoms with E-state index < -0.39 is 11.7 Å². The Morgan fingerprint density at radius 3 is 2.82 bits per heavy atom. The molecule has 1 aromatic carbocycles. The summed E-state index contributed by atoms with van der Waals surface area (Å²) in [7, 11) is 0. The maximum absolute atomic E-state index is 13.8. The molecule has 28 heavy (non-hydrogen) atoms. The monoisotopic (exact) mass is 396 g/mol. The van der Waals surface area contributed by atoms with E-state index in [0.29, 0.717) is 10.2 Å². The van der Waals surface area contributed by atoms with Crippen molar-refractivity contribution in [2.75, 3.05) is 5.32 Å². The van der Waals surface area contributed by atoms with Crippen molar-refractivity contribution in [3.63, 3.8) is 0 Å². The van der Waals surface area contributed by atoms with Crippen molar-refractivity contribution in [3.8, 4) is 0 Å². The largest absolute Gasteiger partial charge is 0.322 e. The Bertz CT molecular complexity index is 1310. The Balaban J connectivity index is 1.69. The first kappa shape index (κ1) is 18.2. The van der Waals surface area contributed by atoms with Gasteiger partial charge in [0.25, 0.3) is 5.56 Å². The van der Waals surface area contributed by atoms with Gasteiger partial charge in [-0.1, -0.05) is 6.07 Å². The predicted molar refractivity (Wildman–Crippen MR) is 108 cm³/mol. The fourth-order valence-electron chi connectivity index (χ4n) is 3.19. The van der Waals surface area contributed by atoms with E-state index in [1.165, 1.54) is 28.3 Å². The first-order valence-corrected chi connectivity index (χ1v) is 9.47. The zero-order valence-electron chi connectivity index (χ0n) is 15.5. The second kappa shape index (κ2) is 6.79. The lowest BCUT2D eigenvalue weighted by Crippen LogP contribution is -2.27. The van der Waals surface area contributed by atoms with Crippen LogP contribution in [-0.2, 0) is 11.3 Å². The van der Waals surface area contributed by atoms with Gasteiger partial charge in [-0.25, -0.2) is 14.4 Å². The maximum atomic E-state index is 13.8. The molecule has 3 aromatic heterocycles. The molecular weight excluding hydrogens is 379 g/mol. The molecule has 0 atom stereocenters. The molecule has 0 unspecified atom stereocenters. The Kier molecular flexibility index (Phi) is 4.43. The first-order valence-electron chi connectivity index (χ1n) is 8.65. The Hall–Kier alpha value is -3.13. The molecule has 0 aliphatic rings. The van der Waals surface area contributed by atoms with Gasteiger partial charge < -0.3 is 5.32 Å². The number of thiophene rings is 1. The number of benzene rings is 1. The van der Waals surface area contributed by atoms with E-state index >= 15 is 0 Å². The minimum Gasteiger partial charge on any atom is -0.322 e. The highest BCUT2D eigenvalue weighted by Crippen LogP contribution is 2.31. The molecular formula is C20H17FN4O2S. The summed E-state index contributed by atoms with van der Waals surface area (Å²) in [6.07, 6.45) is 1.35. The third-order valence-corrected chi connectivity index (χ3v) is 5.51. The number of carbonyl (C=O) groups excluding carboxylic acids is 1. The summed E-state index contributed by atoms with van der Waals surface area (Å²) >= 11 is 1.27. The van der Waals surface area contributed by atoms with Gasteiger partial charge in [0.15, 0.2) is 0 Å². The molecule has 142 valence electrons. The van der Waals surface area contributed by atoms with Gasteiger partial charge in [-0.2, -0.15) is 0 Å².